The number of nitrogen functional groups attached to an aromatic ring is 1. The number of aromatic nitrogens is 5. The Morgan fingerprint density at radius 2 is 2.10 bits per heavy atom. The second-order valence-corrected chi connectivity index (χ2v) is 4.25. The Hall–Kier alpha value is -2.58. The van der Waals surface area contributed by atoms with Crippen LogP contribution in [0, 0.1) is 6.92 Å². The highest BCUT2D eigenvalue weighted by atomic mass is 19.4. The second kappa shape index (κ2) is 3.95. The van der Waals surface area contributed by atoms with E-state index in [9.17, 15) is 13.2 Å². The van der Waals surface area contributed by atoms with Crippen LogP contribution in [-0.4, -0.2) is 25.0 Å². The number of pyridine rings is 1. The van der Waals surface area contributed by atoms with Crippen LogP contribution < -0.4 is 5.73 Å². The van der Waals surface area contributed by atoms with Gasteiger partial charge in [0.1, 0.15) is 0 Å². The normalized spacial score (nSPS) is 12.2. The van der Waals surface area contributed by atoms with Crippen molar-refractivity contribution in [2.24, 2.45) is 0 Å². The lowest BCUT2D eigenvalue weighted by Crippen LogP contribution is -2.08. The van der Waals surface area contributed by atoms with Crippen LogP contribution in [0.25, 0.3) is 16.9 Å². The van der Waals surface area contributed by atoms with E-state index in [4.69, 9.17) is 5.73 Å². The summed E-state index contributed by atoms with van der Waals surface area (Å²) in [5.74, 6) is 0.279. The number of alkyl halides is 3. The number of H-pyrrole nitrogens is 1. The molecule has 3 N–H and O–H groups in total. The van der Waals surface area contributed by atoms with Gasteiger partial charge in [0.15, 0.2) is 17.2 Å². The summed E-state index contributed by atoms with van der Waals surface area (Å²) in [6.07, 6.45) is -1.80. The van der Waals surface area contributed by atoms with E-state index in [0.717, 1.165) is 4.68 Å². The number of aryl methyl sites for hydroxylation is 1. The molecule has 0 bridgehead atoms. The highest BCUT2D eigenvalue weighted by Gasteiger charge is 2.38. The van der Waals surface area contributed by atoms with Crippen LogP contribution in [0.3, 0.4) is 0 Å². The molecule has 0 saturated carbocycles. The quantitative estimate of drug-likeness (QED) is 0.715. The lowest BCUT2D eigenvalue weighted by molar-refractivity contribution is -0.140. The van der Waals surface area contributed by atoms with Gasteiger partial charge in [-0.2, -0.15) is 28.1 Å². The molecule has 3 heterocycles. The molecule has 0 amide bonds. The minimum atomic E-state index is -4.62. The molecule has 0 atom stereocenters. The average Bonchev–Trinajstić information content (AvgIpc) is 2.99. The zero-order valence-corrected chi connectivity index (χ0v) is 10.2. The molecule has 3 aromatic heterocycles. The zero-order valence-electron chi connectivity index (χ0n) is 10.2. The van der Waals surface area contributed by atoms with Crippen LogP contribution in [0.1, 0.15) is 11.3 Å². The molecular formula is C11H9F3N6. The molecule has 20 heavy (non-hydrogen) atoms. The number of hydrogen-bond acceptors (Lipinski definition) is 4. The van der Waals surface area contributed by atoms with E-state index in [2.05, 4.69) is 20.3 Å². The topological polar surface area (TPSA) is 85.4 Å². The van der Waals surface area contributed by atoms with Crippen molar-refractivity contribution in [3.8, 4) is 5.82 Å². The van der Waals surface area contributed by atoms with Crippen molar-refractivity contribution in [1.82, 2.24) is 25.0 Å². The molecule has 0 radical (unpaired) electrons. The monoisotopic (exact) mass is 282 g/mol. The van der Waals surface area contributed by atoms with Gasteiger partial charge in [0.05, 0.1) is 11.6 Å². The predicted octanol–water partition coefficient (Wildman–Crippen LogP) is 2.05. The van der Waals surface area contributed by atoms with Gasteiger partial charge in [0.2, 0.25) is 0 Å². The summed E-state index contributed by atoms with van der Waals surface area (Å²) in [7, 11) is 0. The van der Waals surface area contributed by atoms with Crippen molar-refractivity contribution in [3.05, 3.63) is 29.7 Å². The molecule has 0 unspecified atom stereocenters. The van der Waals surface area contributed by atoms with E-state index in [-0.39, 0.29) is 22.5 Å². The standard InChI is InChI=1S/C11H9F3N6/c1-5-4-16-10-7(8(5)15)9(11(12,13)14)19-20(10)6-2-3-17-18-6/h2-4H,1H3,(H2,15,16)(H,17,18). The summed E-state index contributed by atoms with van der Waals surface area (Å²) in [6, 6.07) is 1.49. The van der Waals surface area contributed by atoms with Gasteiger partial charge in [0, 0.05) is 18.0 Å². The van der Waals surface area contributed by atoms with Crippen molar-refractivity contribution in [2.45, 2.75) is 13.1 Å². The Kier molecular flexibility index (Phi) is 2.46. The third kappa shape index (κ3) is 1.70. The summed E-state index contributed by atoms with van der Waals surface area (Å²) in [6.45, 7) is 1.59. The first kappa shape index (κ1) is 12.5. The molecule has 0 fully saturated rings. The summed E-state index contributed by atoms with van der Waals surface area (Å²) in [4.78, 5) is 4.00. The minimum absolute atomic E-state index is 0.0214. The molecule has 3 aromatic rings. The van der Waals surface area contributed by atoms with Crippen LogP contribution in [0.2, 0.25) is 0 Å². The maximum Gasteiger partial charge on any atom is 0.435 e. The van der Waals surface area contributed by atoms with Gasteiger partial charge in [-0.3, -0.25) is 5.10 Å². The predicted molar refractivity (Wildman–Crippen MR) is 65.2 cm³/mol. The highest BCUT2D eigenvalue weighted by molar-refractivity contribution is 5.93. The number of hydrogen-bond donors (Lipinski definition) is 2. The Morgan fingerprint density at radius 3 is 2.70 bits per heavy atom. The number of nitrogens with zero attached hydrogens (tertiary/aromatic N) is 4. The van der Waals surface area contributed by atoms with Gasteiger partial charge in [-0.1, -0.05) is 0 Å². The second-order valence-electron chi connectivity index (χ2n) is 4.25. The van der Waals surface area contributed by atoms with Gasteiger partial charge in [-0.05, 0) is 12.5 Å². The summed E-state index contributed by atoms with van der Waals surface area (Å²) in [5, 5.41) is 9.62. The van der Waals surface area contributed by atoms with E-state index >= 15 is 0 Å². The summed E-state index contributed by atoms with van der Waals surface area (Å²) >= 11 is 0. The van der Waals surface area contributed by atoms with Gasteiger partial charge in [-0.25, -0.2) is 4.98 Å². The molecule has 9 heteroatoms. The third-order valence-electron chi connectivity index (χ3n) is 2.92. The molecule has 0 aliphatic heterocycles. The summed E-state index contributed by atoms with van der Waals surface area (Å²) in [5.41, 5.74) is 5.22. The zero-order chi connectivity index (χ0) is 14.5. The van der Waals surface area contributed by atoms with E-state index in [1.165, 1.54) is 18.5 Å². The van der Waals surface area contributed by atoms with Gasteiger partial charge in [-0.15, -0.1) is 0 Å². The molecule has 6 nitrogen and oxygen atoms in total. The van der Waals surface area contributed by atoms with E-state index in [1.807, 2.05) is 0 Å². The van der Waals surface area contributed by atoms with Crippen molar-refractivity contribution in [1.29, 1.82) is 0 Å². The molecule has 0 spiro atoms. The highest BCUT2D eigenvalue weighted by Crippen LogP contribution is 2.37. The minimum Gasteiger partial charge on any atom is -0.398 e. The molecule has 0 saturated heterocycles. The van der Waals surface area contributed by atoms with Crippen molar-refractivity contribution in [2.75, 3.05) is 5.73 Å². The number of rotatable bonds is 1. The molecule has 0 aliphatic carbocycles. The van der Waals surface area contributed by atoms with Crippen LogP contribution in [0.15, 0.2) is 18.5 Å². The number of halogens is 3. The molecule has 3 rings (SSSR count). The Morgan fingerprint density at radius 1 is 1.35 bits per heavy atom. The lowest BCUT2D eigenvalue weighted by Gasteiger charge is -2.05. The number of nitrogens with one attached hydrogen (secondary N) is 1. The first-order valence-electron chi connectivity index (χ1n) is 5.60. The van der Waals surface area contributed by atoms with Crippen molar-refractivity contribution in [3.63, 3.8) is 0 Å². The Bertz CT molecular complexity index is 772. The lowest BCUT2D eigenvalue weighted by atomic mass is 10.1. The molecule has 0 aliphatic rings. The molecule has 0 aromatic carbocycles. The smallest absolute Gasteiger partial charge is 0.398 e. The molecular weight excluding hydrogens is 273 g/mol. The fraction of sp³-hybridized carbons (Fsp3) is 0.182. The van der Waals surface area contributed by atoms with Crippen LogP contribution >= 0.6 is 0 Å². The van der Waals surface area contributed by atoms with Crippen molar-refractivity contribution < 1.29 is 13.2 Å². The number of anilines is 1. The first-order valence-corrected chi connectivity index (χ1v) is 5.60. The van der Waals surface area contributed by atoms with Crippen molar-refractivity contribution >= 4 is 16.7 Å². The van der Waals surface area contributed by atoms with Gasteiger partial charge in [0.25, 0.3) is 0 Å². The average molecular weight is 282 g/mol. The fourth-order valence-corrected chi connectivity index (χ4v) is 1.93. The first-order chi connectivity index (χ1) is 9.39. The maximum atomic E-state index is 13.1. The SMILES string of the molecule is Cc1cnc2c(c(C(F)(F)F)nn2-c2ccn[nH]2)c1N. The van der Waals surface area contributed by atoms with Gasteiger partial charge < -0.3 is 5.73 Å². The molecule has 104 valence electrons. The number of nitrogens with two attached hydrogens (primary N) is 1. The number of aromatic amines is 1. The van der Waals surface area contributed by atoms with Crippen LogP contribution in [0.5, 0.6) is 0 Å². The van der Waals surface area contributed by atoms with E-state index < -0.39 is 11.9 Å². The van der Waals surface area contributed by atoms with Crippen LogP contribution in [-0.2, 0) is 6.18 Å². The number of fused-ring (bicyclic) bond motifs is 1. The van der Waals surface area contributed by atoms with Gasteiger partial charge >= 0.3 is 6.18 Å². The fourth-order valence-electron chi connectivity index (χ4n) is 1.93. The van der Waals surface area contributed by atoms with E-state index in [1.54, 1.807) is 6.92 Å². The van der Waals surface area contributed by atoms with E-state index in [0.29, 0.717) is 5.56 Å². The Labute approximate surface area is 110 Å². The third-order valence-corrected chi connectivity index (χ3v) is 2.92. The largest absolute Gasteiger partial charge is 0.435 e. The summed E-state index contributed by atoms with van der Waals surface area (Å²) < 4.78 is 40.3. The van der Waals surface area contributed by atoms with Crippen LogP contribution in [0.4, 0.5) is 18.9 Å². The maximum absolute atomic E-state index is 13.1. The Balaban J connectivity index is 2.43.